The molecule has 0 atom stereocenters. The van der Waals surface area contributed by atoms with Crippen LogP contribution in [0, 0.1) is 17.8 Å². The van der Waals surface area contributed by atoms with Gasteiger partial charge in [-0.25, -0.2) is 0 Å². The molecule has 1 aromatic rings. The number of halogens is 1. The third-order valence-corrected chi connectivity index (χ3v) is 4.31. The normalized spacial score (nSPS) is 15.5. The van der Waals surface area contributed by atoms with E-state index < -0.39 is 0 Å². The average molecular weight is 306 g/mol. The summed E-state index contributed by atoms with van der Waals surface area (Å²) in [6, 6.07) is 5.15. The molecule has 1 heterocycles. The van der Waals surface area contributed by atoms with Crippen molar-refractivity contribution in [1.82, 2.24) is 4.90 Å². The van der Waals surface area contributed by atoms with Crippen LogP contribution in [0.4, 0.5) is 0 Å². The number of aliphatic hydroxyl groups is 1. The fourth-order valence-corrected chi connectivity index (χ4v) is 2.84. The van der Waals surface area contributed by atoms with Gasteiger partial charge in [0.15, 0.2) is 0 Å². The minimum Gasteiger partial charge on any atom is -0.384 e. The maximum absolute atomic E-state index is 12.5. The zero-order chi connectivity index (χ0) is 15.2. The number of likely N-dealkylation sites (tertiary alicyclic amines) is 1. The van der Waals surface area contributed by atoms with E-state index in [9.17, 15) is 4.79 Å². The monoisotopic (exact) mass is 305 g/mol. The number of piperidine rings is 1. The van der Waals surface area contributed by atoms with E-state index in [1.165, 1.54) is 6.42 Å². The summed E-state index contributed by atoms with van der Waals surface area (Å²) in [5, 5.41) is 9.15. The van der Waals surface area contributed by atoms with Crippen molar-refractivity contribution in [3.63, 3.8) is 0 Å². The van der Waals surface area contributed by atoms with Crippen molar-refractivity contribution in [2.75, 3.05) is 19.7 Å². The van der Waals surface area contributed by atoms with Crippen LogP contribution in [0.3, 0.4) is 0 Å². The first kappa shape index (κ1) is 15.9. The molecule has 3 nitrogen and oxygen atoms in total. The molecule has 2 rings (SSSR count). The van der Waals surface area contributed by atoms with Crippen LogP contribution >= 0.6 is 11.6 Å². The van der Waals surface area contributed by atoms with Gasteiger partial charge in [0.1, 0.15) is 6.61 Å². The Morgan fingerprint density at radius 1 is 1.43 bits per heavy atom. The maximum Gasteiger partial charge on any atom is 0.253 e. The van der Waals surface area contributed by atoms with Crippen molar-refractivity contribution in [3.8, 4) is 11.8 Å². The molecular formula is C17H20ClNO2. The molecule has 21 heavy (non-hydrogen) atoms. The lowest BCUT2D eigenvalue weighted by Gasteiger charge is -2.31. The molecule has 1 aromatic carbocycles. The Morgan fingerprint density at radius 3 is 2.71 bits per heavy atom. The third-order valence-electron chi connectivity index (χ3n) is 4.00. The predicted octanol–water partition coefficient (Wildman–Crippen LogP) is 2.95. The number of hydrogen-bond donors (Lipinski definition) is 1. The molecule has 1 amide bonds. The van der Waals surface area contributed by atoms with Crippen LogP contribution in [0.2, 0.25) is 5.02 Å². The second-order valence-corrected chi connectivity index (χ2v) is 5.71. The lowest BCUT2D eigenvalue weighted by Crippen LogP contribution is -2.38. The molecule has 1 N–H and O–H groups in total. The summed E-state index contributed by atoms with van der Waals surface area (Å²) >= 11 is 6.14. The van der Waals surface area contributed by atoms with Gasteiger partial charge in [-0.2, -0.15) is 0 Å². The summed E-state index contributed by atoms with van der Waals surface area (Å²) in [5.41, 5.74) is 1.23. The molecule has 1 aliphatic heterocycles. The topological polar surface area (TPSA) is 40.5 Å². The second-order valence-electron chi connectivity index (χ2n) is 5.30. The summed E-state index contributed by atoms with van der Waals surface area (Å²) in [7, 11) is 0. The van der Waals surface area contributed by atoms with Crippen molar-refractivity contribution < 1.29 is 9.90 Å². The predicted molar refractivity (Wildman–Crippen MR) is 84.3 cm³/mol. The standard InChI is InChI=1S/C17H20ClNO2/c1-2-13-7-9-19(10-8-13)17(21)15-6-5-14(4-3-11-20)16(18)12-15/h5-6,12-13,20H,2,7-11H2,1H3. The summed E-state index contributed by atoms with van der Waals surface area (Å²) in [6.07, 6.45) is 3.35. The van der Waals surface area contributed by atoms with Gasteiger partial charge in [0, 0.05) is 24.2 Å². The maximum atomic E-state index is 12.5. The van der Waals surface area contributed by atoms with Crippen LogP contribution in [-0.4, -0.2) is 35.6 Å². The van der Waals surface area contributed by atoms with Crippen molar-refractivity contribution in [3.05, 3.63) is 34.3 Å². The van der Waals surface area contributed by atoms with Crippen LogP contribution < -0.4 is 0 Å². The molecule has 112 valence electrons. The van der Waals surface area contributed by atoms with Crippen LogP contribution in [-0.2, 0) is 0 Å². The smallest absolute Gasteiger partial charge is 0.253 e. The first-order chi connectivity index (χ1) is 10.2. The van der Waals surface area contributed by atoms with Crippen LogP contribution in [0.5, 0.6) is 0 Å². The van der Waals surface area contributed by atoms with E-state index >= 15 is 0 Å². The van der Waals surface area contributed by atoms with E-state index in [1.54, 1.807) is 18.2 Å². The highest BCUT2D eigenvalue weighted by Crippen LogP contribution is 2.23. The molecule has 1 saturated heterocycles. The van der Waals surface area contributed by atoms with Gasteiger partial charge in [0.25, 0.3) is 5.91 Å². The number of rotatable bonds is 2. The van der Waals surface area contributed by atoms with Gasteiger partial charge in [-0.15, -0.1) is 0 Å². The van der Waals surface area contributed by atoms with Crippen molar-refractivity contribution in [2.24, 2.45) is 5.92 Å². The zero-order valence-electron chi connectivity index (χ0n) is 12.2. The number of hydrogen-bond acceptors (Lipinski definition) is 2. The zero-order valence-corrected chi connectivity index (χ0v) is 13.0. The minimum absolute atomic E-state index is 0.0353. The first-order valence-electron chi connectivity index (χ1n) is 7.34. The fraction of sp³-hybridized carbons (Fsp3) is 0.471. The van der Waals surface area contributed by atoms with Gasteiger partial charge in [-0.3, -0.25) is 4.79 Å². The Hall–Kier alpha value is -1.50. The highest BCUT2D eigenvalue weighted by molar-refractivity contribution is 6.32. The number of carbonyl (C=O) groups excluding carboxylic acids is 1. The van der Waals surface area contributed by atoms with Crippen molar-refractivity contribution in [1.29, 1.82) is 0 Å². The number of nitrogens with zero attached hydrogens (tertiary/aromatic N) is 1. The van der Waals surface area contributed by atoms with Gasteiger partial charge in [0.05, 0.1) is 5.02 Å². The van der Waals surface area contributed by atoms with E-state index in [0.717, 1.165) is 31.8 Å². The molecule has 0 radical (unpaired) electrons. The summed E-state index contributed by atoms with van der Waals surface area (Å²) in [5.74, 6) is 6.10. The van der Waals surface area contributed by atoms with E-state index in [4.69, 9.17) is 16.7 Å². The van der Waals surface area contributed by atoms with Crippen molar-refractivity contribution in [2.45, 2.75) is 26.2 Å². The van der Waals surface area contributed by atoms with E-state index in [0.29, 0.717) is 16.1 Å². The summed E-state index contributed by atoms with van der Waals surface area (Å²) in [4.78, 5) is 14.4. The molecule has 4 heteroatoms. The number of benzene rings is 1. The quantitative estimate of drug-likeness (QED) is 0.854. The molecule has 0 unspecified atom stereocenters. The molecule has 0 bridgehead atoms. The Kier molecular flexibility index (Phi) is 5.67. The lowest BCUT2D eigenvalue weighted by atomic mass is 9.94. The molecule has 0 saturated carbocycles. The van der Waals surface area contributed by atoms with Gasteiger partial charge < -0.3 is 10.0 Å². The summed E-state index contributed by atoms with van der Waals surface area (Å²) < 4.78 is 0. The molecule has 0 spiro atoms. The summed E-state index contributed by atoms with van der Waals surface area (Å²) in [6.45, 7) is 3.64. The van der Waals surface area contributed by atoms with E-state index in [1.807, 2.05) is 4.90 Å². The SMILES string of the molecule is CCC1CCN(C(=O)c2ccc(C#CCO)c(Cl)c2)CC1. The van der Waals surface area contributed by atoms with Gasteiger partial charge in [-0.05, 0) is 37.0 Å². The van der Waals surface area contributed by atoms with Crippen LogP contribution in [0.15, 0.2) is 18.2 Å². The Labute approximate surface area is 130 Å². The number of aliphatic hydroxyl groups excluding tert-OH is 1. The second kappa shape index (κ2) is 7.49. The molecule has 0 aliphatic carbocycles. The van der Waals surface area contributed by atoms with Crippen LogP contribution in [0.1, 0.15) is 42.1 Å². The highest BCUT2D eigenvalue weighted by atomic mass is 35.5. The molecular weight excluding hydrogens is 286 g/mol. The van der Waals surface area contributed by atoms with Crippen LogP contribution in [0.25, 0.3) is 0 Å². The lowest BCUT2D eigenvalue weighted by molar-refractivity contribution is 0.0689. The Morgan fingerprint density at radius 2 is 2.14 bits per heavy atom. The number of carbonyl (C=O) groups is 1. The van der Waals surface area contributed by atoms with E-state index in [2.05, 4.69) is 18.8 Å². The molecule has 1 aliphatic rings. The average Bonchev–Trinajstić information content (AvgIpc) is 2.53. The van der Waals surface area contributed by atoms with Gasteiger partial charge >= 0.3 is 0 Å². The molecule has 1 fully saturated rings. The van der Waals surface area contributed by atoms with E-state index in [-0.39, 0.29) is 12.5 Å². The fourth-order valence-electron chi connectivity index (χ4n) is 2.61. The van der Waals surface area contributed by atoms with Gasteiger partial charge in [0.2, 0.25) is 0 Å². The minimum atomic E-state index is -0.205. The molecule has 0 aromatic heterocycles. The number of amides is 1. The highest BCUT2D eigenvalue weighted by Gasteiger charge is 2.22. The van der Waals surface area contributed by atoms with Crippen molar-refractivity contribution >= 4 is 17.5 Å². The van der Waals surface area contributed by atoms with Gasteiger partial charge in [-0.1, -0.05) is 36.8 Å². The Bertz CT molecular complexity index is 566. The third kappa shape index (κ3) is 4.00. The largest absolute Gasteiger partial charge is 0.384 e. The first-order valence-corrected chi connectivity index (χ1v) is 7.72. The Balaban J connectivity index is 2.08.